The Balaban J connectivity index is 2.26. The van der Waals surface area contributed by atoms with Crippen molar-refractivity contribution in [3.8, 4) is 0 Å². The fraction of sp³-hybridized carbons (Fsp3) is 0.833. The van der Waals surface area contributed by atoms with E-state index in [1.807, 2.05) is 18.7 Å². The molecule has 0 aliphatic carbocycles. The van der Waals surface area contributed by atoms with Gasteiger partial charge in [-0.3, -0.25) is 4.79 Å². The maximum Gasteiger partial charge on any atom is 0.317 e. The van der Waals surface area contributed by atoms with Gasteiger partial charge in [-0.05, 0) is 31.3 Å². The number of carbonyl (C=O) groups excluding carboxylic acids is 1. The fourth-order valence-corrected chi connectivity index (χ4v) is 2.73. The molecule has 2 N–H and O–H groups in total. The number of amides is 2. The summed E-state index contributed by atoms with van der Waals surface area (Å²) in [6.45, 7) is 4.97. The first kappa shape index (κ1) is 15.1. The Labute approximate surface area is 112 Å². The summed E-state index contributed by atoms with van der Waals surface area (Å²) in [6.07, 6.45) is 1.50. The van der Waals surface area contributed by atoms with E-state index in [1.54, 1.807) is 4.90 Å². The Bertz CT molecular complexity index is 299. The molecule has 1 aliphatic heterocycles. The zero-order valence-corrected chi connectivity index (χ0v) is 11.8. The summed E-state index contributed by atoms with van der Waals surface area (Å²) in [5.41, 5.74) is 0. The molecule has 0 aromatic heterocycles. The van der Waals surface area contributed by atoms with Crippen molar-refractivity contribution in [2.75, 3.05) is 24.6 Å². The molecule has 0 aromatic carbocycles. The zero-order chi connectivity index (χ0) is 13.5. The smallest absolute Gasteiger partial charge is 0.317 e. The molecule has 0 saturated carbocycles. The number of carboxylic acid groups (broad SMARTS) is 1. The van der Waals surface area contributed by atoms with Gasteiger partial charge in [-0.25, -0.2) is 4.79 Å². The molecule has 1 fully saturated rings. The molecule has 0 radical (unpaired) electrons. The van der Waals surface area contributed by atoms with Crippen LogP contribution in [0.25, 0.3) is 0 Å². The lowest BCUT2D eigenvalue weighted by Gasteiger charge is -2.20. The SMILES string of the molecule is CCSCCC(C)NC(=O)N1CCC(C(=O)O)C1. The standard InChI is InChI=1S/C12H22N2O3S/c1-3-18-7-5-9(2)13-12(17)14-6-4-10(8-14)11(15)16/h9-10H,3-8H2,1-2H3,(H,13,17)(H,15,16). The van der Waals surface area contributed by atoms with Gasteiger partial charge in [0.05, 0.1) is 5.92 Å². The van der Waals surface area contributed by atoms with Crippen LogP contribution in [0.15, 0.2) is 0 Å². The minimum atomic E-state index is -0.808. The van der Waals surface area contributed by atoms with Crippen LogP contribution < -0.4 is 5.32 Å². The summed E-state index contributed by atoms with van der Waals surface area (Å²) < 4.78 is 0. The number of likely N-dealkylation sites (tertiary alicyclic amines) is 1. The molecular formula is C12H22N2O3S. The maximum atomic E-state index is 11.9. The average molecular weight is 274 g/mol. The Hall–Kier alpha value is -0.910. The topological polar surface area (TPSA) is 69.6 Å². The largest absolute Gasteiger partial charge is 0.481 e. The molecule has 0 aromatic rings. The van der Waals surface area contributed by atoms with Crippen molar-refractivity contribution >= 4 is 23.8 Å². The maximum absolute atomic E-state index is 11.9. The van der Waals surface area contributed by atoms with Crippen LogP contribution in [0.1, 0.15) is 26.7 Å². The Morgan fingerprint density at radius 2 is 2.28 bits per heavy atom. The molecule has 6 heteroatoms. The molecule has 2 atom stereocenters. The molecule has 5 nitrogen and oxygen atoms in total. The number of urea groups is 1. The van der Waals surface area contributed by atoms with Gasteiger partial charge in [0.1, 0.15) is 0 Å². The monoisotopic (exact) mass is 274 g/mol. The third kappa shape index (κ3) is 4.76. The number of hydrogen-bond donors (Lipinski definition) is 2. The minimum absolute atomic E-state index is 0.132. The van der Waals surface area contributed by atoms with Gasteiger partial charge in [-0.1, -0.05) is 6.92 Å². The van der Waals surface area contributed by atoms with Crippen LogP contribution >= 0.6 is 11.8 Å². The van der Waals surface area contributed by atoms with Gasteiger partial charge >= 0.3 is 12.0 Å². The Kier molecular flexibility index (Phi) is 6.32. The molecule has 18 heavy (non-hydrogen) atoms. The van der Waals surface area contributed by atoms with Crippen LogP contribution in [0.3, 0.4) is 0 Å². The van der Waals surface area contributed by atoms with E-state index < -0.39 is 11.9 Å². The summed E-state index contributed by atoms with van der Waals surface area (Å²) in [6, 6.07) is 0.00757. The number of carboxylic acids is 1. The second-order valence-corrected chi connectivity index (χ2v) is 6.00. The number of rotatable bonds is 6. The van der Waals surface area contributed by atoms with Crippen LogP contribution in [0.5, 0.6) is 0 Å². The Morgan fingerprint density at radius 3 is 2.83 bits per heavy atom. The van der Waals surface area contributed by atoms with Gasteiger partial charge < -0.3 is 15.3 Å². The van der Waals surface area contributed by atoms with Crippen molar-refractivity contribution in [3.05, 3.63) is 0 Å². The molecule has 2 amide bonds. The van der Waals surface area contributed by atoms with Crippen molar-refractivity contribution in [2.24, 2.45) is 5.92 Å². The van der Waals surface area contributed by atoms with Crippen molar-refractivity contribution in [1.29, 1.82) is 0 Å². The third-order valence-corrected chi connectivity index (χ3v) is 4.03. The van der Waals surface area contributed by atoms with Crippen LogP contribution in [-0.4, -0.2) is 52.6 Å². The molecule has 0 spiro atoms. The summed E-state index contributed by atoms with van der Waals surface area (Å²) in [5.74, 6) is 0.919. The second-order valence-electron chi connectivity index (χ2n) is 4.61. The van der Waals surface area contributed by atoms with Crippen LogP contribution in [-0.2, 0) is 4.79 Å². The second kappa shape index (κ2) is 7.51. The van der Waals surface area contributed by atoms with Gasteiger partial charge in [0.2, 0.25) is 0 Å². The fourth-order valence-electron chi connectivity index (χ4n) is 1.92. The van der Waals surface area contributed by atoms with Crippen LogP contribution in [0, 0.1) is 5.92 Å². The van der Waals surface area contributed by atoms with Gasteiger partial charge in [0, 0.05) is 19.1 Å². The van der Waals surface area contributed by atoms with E-state index >= 15 is 0 Å². The first-order valence-corrected chi connectivity index (χ1v) is 7.56. The van der Waals surface area contributed by atoms with E-state index in [2.05, 4.69) is 12.2 Å². The molecule has 1 saturated heterocycles. The van der Waals surface area contributed by atoms with Gasteiger partial charge in [-0.2, -0.15) is 11.8 Å². The molecule has 1 aliphatic rings. The van der Waals surface area contributed by atoms with Gasteiger partial charge in [0.25, 0.3) is 0 Å². The van der Waals surface area contributed by atoms with Gasteiger partial charge in [0.15, 0.2) is 0 Å². The summed E-state index contributed by atoms with van der Waals surface area (Å²) >= 11 is 1.86. The predicted octanol–water partition coefficient (Wildman–Crippen LogP) is 1.63. The molecule has 0 bridgehead atoms. The van der Waals surface area contributed by atoms with Gasteiger partial charge in [-0.15, -0.1) is 0 Å². The first-order chi connectivity index (χ1) is 8.54. The molecule has 1 heterocycles. The summed E-state index contributed by atoms with van der Waals surface area (Å²) in [5, 5.41) is 11.8. The van der Waals surface area contributed by atoms with E-state index in [9.17, 15) is 9.59 Å². The number of thioether (sulfide) groups is 1. The lowest BCUT2D eigenvalue weighted by Crippen LogP contribution is -2.43. The van der Waals surface area contributed by atoms with E-state index in [0.29, 0.717) is 19.5 Å². The molecule has 1 rings (SSSR count). The highest BCUT2D eigenvalue weighted by Crippen LogP contribution is 2.16. The molecule has 104 valence electrons. The number of nitrogens with one attached hydrogen (secondary N) is 1. The number of aliphatic carboxylic acids is 1. The van der Waals surface area contributed by atoms with E-state index in [-0.39, 0.29) is 12.1 Å². The normalized spacial score (nSPS) is 20.8. The minimum Gasteiger partial charge on any atom is -0.481 e. The highest BCUT2D eigenvalue weighted by molar-refractivity contribution is 7.99. The first-order valence-electron chi connectivity index (χ1n) is 6.40. The lowest BCUT2D eigenvalue weighted by atomic mass is 10.1. The van der Waals surface area contributed by atoms with Crippen molar-refractivity contribution < 1.29 is 14.7 Å². The number of hydrogen-bond acceptors (Lipinski definition) is 3. The van der Waals surface area contributed by atoms with Crippen molar-refractivity contribution in [3.63, 3.8) is 0 Å². The predicted molar refractivity (Wildman–Crippen MR) is 72.9 cm³/mol. The zero-order valence-electron chi connectivity index (χ0n) is 11.0. The van der Waals surface area contributed by atoms with Crippen molar-refractivity contribution in [2.45, 2.75) is 32.7 Å². The molecular weight excluding hydrogens is 252 g/mol. The summed E-state index contributed by atoms with van der Waals surface area (Å²) in [4.78, 5) is 24.3. The average Bonchev–Trinajstić information content (AvgIpc) is 2.78. The highest BCUT2D eigenvalue weighted by atomic mass is 32.2. The number of carbonyl (C=O) groups is 2. The van der Waals surface area contributed by atoms with Crippen LogP contribution in [0.4, 0.5) is 4.79 Å². The summed E-state index contributed by atoms with van der Waals surface area (Å²) in [7, 11) is 0. The number of nitrogens with zero attached hydrogens (tertiary/aromatic N) is 1. The van der Waals surface area contributed by atoms with Crippen LogP contribution in [0.2, 0.25) is 0 Å². The van der Waals surface area contributed by atoms with E-state index in [4.69, 9.17) is 5.11 Å². The highest BCUT2D eigenvalue weighted by Gasteiger charge is 2.31. The van der Waals surface area contributed by atoms with E-state index in [1.165, 1.54) is 0 Å². The third-order valence-electron chi connectivity index (χ3n) is 3.09. The van der Waals surface area contributed by atoms with Crippen molar-refractivity contribution in [1.82, 2.24) is 10.2 Å². The lowest BCUT2D eigenvalue weighted by molar-refractivity contribution is -0.141. The van der Waals surface area contributed by atoms with E-state index in [0.717, 1.165) is 17.9 Å². The quantitative estimate of drug-likeness (QED) is 0.722. The Morgan fingerprint density at radius 1 is 1.56 bits per heavy atom. The molecule has 2 unspecified atom stereocenters.